The second-order valence-corrected chi connectivity index (χ2v) is 7.43. The maximum absolute atomic E-state index is 13.1. The number of hydrogen-bond acceptors (Lipinski definition) is 3. The van der Waals surface area contributed by atoms with Gasteiger partial charge in [-0.1, -0.05) is 48.5 Å². The van der Waals surface area contributed by atoms with Crippen molar-refractivity contribution in [2.45, 2.75) is 50.8 Å². The number of rotatable bonds is 7. The number of hydrogen-bond donors (Lipinski definition) is 2. The average Bonchev–Trinajstić information content (AvgIpc) is 2.73. The molecule has 146 valence electrons. The molecule has 3 N–H and O–H groups in total. The van der Waals surface area contributed by atoms with Crippen molar-refractivity contribution >= 4 is 0 Å². The molecule has 5 heteroatoms. The predicted molar refractivity (Wildman–Crippen MR) is 104 cm³/mol. The van der Waals surface area contributed by atoms with Crippen LogP contribution in [-0.4, -0.2) is 19.2 Å². The van der Waals surface area contributed by atoms with Crippen molar-refractivity contribution in [3.8, 4) is 0 Å². The summed E-state index contributed by atoms with van der Waals surface area (Å²) in [5.74, 6) is 0. The van der Waals surface area contributed by atoms with E-state index in [4.69, 9.17) is 10.5 Å². The molecule has 2 aromatic rings. The maximum Gasteiger partial charge on any atom is 0.115 e. The topological polar surface area (TPSA) is 47.3 Å². The Morgan fingerprint density at radius 2 is 1.81 bits per heavy atom. The molecule has 3 atom stereocenters. The summed E-state index contributed by atoms with van der Waals surface area (Å²) in [6.07, 6.45) is 1.54. The minimum atomic E-state index is -0.610. The van der Waals surface area contributed by atoms with E-state index < -0.39 is 13.3 Å². The Morgan fingerprint density at radius 3 is 2.37 bits per heavy atom. The van der Waals surface area contributed by atoms with Crippen LogP contribution in [0.5, 0.6) is 0 Å². The lowest BCUT2D eigenvalue weighted by Gasteiger charge is -2.41. The highest BCUT2D eigenvalue weighted by Crippen LogP contribution is 2.32. The van der Waals surface area contributed by atoms with Crippen LogP contribution < -0.4 is 11.1 Å². The van der Waals surface area contributed by atoms with E-state index in [-0.39, 0.29) is 17.7 Å². The van der Waals surface area contributed by atoms with Gasteiger partial charge in [-0.3, -0.25) is 0 Å². The maximum atomic E-state index is 13.1. The van der Waals surface area contributed by atoms with Gasteiger partial charge in [0.15, 0.2) is 0 Å². The third-order valence-electron chi connectivity index (χ3n) is 5.40. The molecule has 0 spiro atoms. The summed E-state index contributed by atoms with van der Waals surface area (Å²) in [4.78, 5) is 0. The van der Waals surface area contributed by atoms with Gasteiger partial charge in [0.05, 0.1) is 18.2 Å². The number of alkyl halides is 2. The fraction of sp³-hybridized carbons (Fsp3) is 0.455. The van der Waals surface area contributed by atoms with E-state index in [9.17, 15) is 8.78 Å². The van der Waals surface area contributed by atoms with Crippen LogP contribution in [0.4, 0.5) is 8.78 Å². The van der Waals surface area contributed by atoms with E-state index in [2.05, 4.69) is 17.4 Å². The summed E-state index contributed by atoms with van der Waals surface area (Å²) in [6.45, 7) is 1.90. The van der Waals surface area contributed by atoms with Crippen LogP contribution in [0.3, 0.4) is 0 Å². The molecule has 2 aromatic carbocycles. The van der Waals surface area contributed by atoms with E-state index in [0.717, 1.165) is 24.9 Å². The Balaban J connectivity index is 1.78. The second kappa shape index (κ2) is 8.91. The van der Waals surface area contributed by atoms with Crippen molar-refractivity contribution in [2.24, 2.45) is 5.73 Å². The largest absolute Gasteiger partial charge is 0.372 e. The van der Waals surface area contributed by atoms with Crippen molar-refractivity contribution in [1.82, 2.24) is 5.32 Å². The number of halogens is 2. The van der Waals surface area contributed by atoms with Gasteiger partial charge in [-0.2, -0.15) is 0 Å². The Labute approximate surface area is 159 Å². The molecule has 0 saturated carbocycles. The van der Waals surface area contributed by atoms with E-state index in [1.54, 1.807) is 18.2 Å². The van der Waals surface area contributed by atoms with Gasteiger partial charge in [0.25, 0.3) is 0 Å². The molecule has 0 radical (unpaired) electrons. The van der Waals surface area contributed by atoms with Gasteiger partial charge in [0, 0.05) is 12.6 Å². The minimum Gasteiger partial charge on any atom is -0.372 e. The lowest BCUT2D eigenvalue weighted by molar-refractivity contribution is 0.00437. The molecule has 0 bridgehead atoms. The third-order valence-corrected chi connectivity index (χ3v) is 5.40. The summed E-state index contributed by atoms with van der Waals surface area (Å²) in [6, 6.07) is 15.5. The Kier molecular flexibility index (Phi) is 6.58. The third kappa shape index (κ3) is 4.72. The normalized spacial score (nSPS) is 23.9. The van der Waals surface area contributed by atoms with Gasteiger partial charge < -0.3 is 15.8 Å². The van der Waals surface area contributed by atoms with Crippen LogP contribution >= 0.6 is 0 Å². The lowest BCUT2D eigenvalue weighted by atomic mass is 9.81. The SMILES string of the molecule is C[C@@H](OC[C@@]1(c2ccccc2)CC[C@H](N)CN1)c1cc(CF)cc(CF)c1. The average molecular weight is 374 g/mol. The molecule has 0 aliphatic carbocycles. The van der Waals surface area contributed by atoms with Gasteiger partial charge >= 0.3 is 0 Å². The molecule has 1 fully saturated rings. The molecule has 0 aromatic heterocycles. The quantitative estimate of drug-likeness (QED) is 0.759. The first kappa shape index (κ1) is 19.9. The molecule has 0 unspecified atom stereocenters. The Hall–Kier alpha value is -1.82. The van der Waals surface area contributed by atoms with Crippen LogP contribution in [-0.2, 0) is 23.6 Å². The fourth-order valence-corrected chi connectivity index (χ4v) is 3.70. The Morgan fingerprint density at radius 1 is 1.15 bits per heavy atom. The van der Waals surface area contributed by atoms with E-state index in [0.29, 0.717) is 17.7 Å². The molecule has 1 aliphatic rings. The van der Waals surface area contributed by atoms with E-state index in [1.165, 1.54) is 5.56 Å². The van der Waals surface area contributed by atoms with Crippen molar-refractivity contribution in [2.75, 3.05) is 13.2 Å². The highest BCUT2D eigenvalue weighted by atomic mass is 19.1. The molecule has 0 amide bonds. The smallest absolute Gasteiger partial charge is 0.115 e. The van der Waals surface area contributed by atoms with Crippen molar-refractivity contribution in [1.29, 1.82) is 0 Å². The van der Waals surface area contributed by atoms with E-state index in [1.807, 2.05) is 25.1 Å². The van der Waals surface area contributed by atoms with E-state index >= 15 is 0 Å². The second-order valence-electron chi connectivity index (χ2n) is 7.43. The monoisotopic (exact) mass is 374 g/mol. The molecular weight excluding hydrogens is 346 g/mol. The minimum absolute atomic E-state index is 0.146. The number of benzene rings is 2. The van der Waals surface area contributed by atoms with Gasteiger partial charge in [-0.15, -0.1) is 0 Å². The first-order valence-electron chi connectivity index (χ1n) is 9.49. The van der Waals surface area contributed by atoms with Gasteiger partial charge in [-0.05, 0) is 42.0 Å². The first-order valence-corrected chi connectivity index (χ1v) is 9.49. The van der Waals surface area contributed by atoms with Crippen LogP contribution in [0.1, 0.15) is 48.1 Å². The standard InChI is InChI=1S/C22H28F2N2O/c1-16(19-10-17(12-23)9-18(11-19)13-24)27-15-22(8-7-21(25)14-26-22)20-5-3-2-4-6-20/h2-6,9-11,16,21,26H,7-8,12-15,25H2,1H3/t16-,21+,22-/m1/s1. The van der Waals surface area contributed by atoms with Crippen molar-refractivity contribution in [3.05, 3.63) is 70.8 Å². The molecular formula is C22H28F2N2O. The summed E-state index contributed by atoms with van der Waals surface area (Å²) in [5.41, 5.74) is 8.71. The van der Waals surface area contributed by atoms with Gasteiger partial charge in [0.2, 0.25) is 0 Å². The predicted octanol–water partition coefficient (Wildman–Crippen LogP) is 4.31. The molecule has 1 aliphatic heterocycles. The van der Waals surface area contributed by atoms with Crippen LogP contribution in [0.15, 0.2) is 48.5 Å². The van der Waals surface area contributed by atoms with Gasteiger partial charge in [-0.25, -0.2) is 8.78 Å². The van der Waals surface area contributed by atoms with Crippen LogP contribution in [0, 0.1) is 0 Å². The Bertz CT molecular complexity index is 708. The summed E-state index contributed by atoms with van der Waals surface area (Å²) in [5, 5.41) is 3.58. The number of piperidine rings is 1. The van der Waals surface area contributed by atoms with Crippen LogP contribution in [0.2, 0.25) is 0 Å². The van der Waals surface area contributed by atoms with Gasteiger partial charge in [0.1, 0.15) is 13.3 Å². The molecule has 3 rings (SSSR count). The first-order chi connectivity index (χ1) is 13.1. The molecule has 1 heterocycles. The molecule has 1 saturated heterocycles. The zero-order valence-corrected chi connectivity index (χ0v) is 15.8. The molecule has 3 nitrogen and oxygen atoms in total. The van der Waals surface area contributed by atoms with Crippen molar-refractivity contribution in [3.63, 3.8) is 0 Å². The van der Waals surface area contributed by atoms with Crippen LogP contribution in [0.25, 0.3) is 0 Å². The highest BCUT2D eigenvalue weighted by molar-refractivity contribution is 5.31. The summed E-state index contributed by atoms with van der Waals surface area (Å²) >= 11 is 0. The zero-order chi connectivity index (χ0) is 19.3. The fourth-order valence-electron chi connectivity index (χ4n) is 3.70. The van der Waals surface area contributed by atoms with Crippen molar-refractivity contribution < 1.29 is 13.5 Å². The highest BCUT2D eigenvalue weighted by Gasteiger charge is 2.36. The zero-order valence-electron chi connectivity index (χ0n) is 15.8. The number of ether oxygens (including phenoxy) is 1. The summed E-state index contributed by atoms with van der Waals surface area (Å²) < 4.78 is 32.4. The number of nitrogens with two attached hydrogens (primary N) is 1. The lowest BCUT2D eigenvalue weighted by Crippen LogP contribution is -2.55. The summed E-state index contributed by atoms with van der Waals surface area (Å²) in [7, 11) is 0. The molecule has 27 heavy (non-hydrogen) atoms. The number of nitrogens with one attached hydrogen (secondary N) is 1.